The molecule has 1 saturated heterocycles. The quantitative estimate of drug-likeness (QED) is 0.214. The molecule has 12 heteroatoms. The van der Waals surface area contributed by atoms with E-state index in [0.717, 1.165) is 0 Å². The van der Waals surface area contributed by atoms with Crippen LogP contribution in [0.3, 0.4) is 0 Å². The molecule has 0 saturated carbocycles. The Bertz CT molecular complexity index is 682. The van der Waals surface area contributed by atoms with Crippen molar-refractivity contribution < 1.29 is 34.2 Å². The first-order chi connectivity index (χ1) is 13.9. The molecular formula is C18H31N5O7. The SMILES string of the molecule is CC(C)C(NC(=O)C1CCCN1C(=O)C(N)C(C)O)C(=O)NC(CC(N)=O)C(=O)O. The molecule has 0 aromatic rings. The predicted octanol–water partition coefficient (Wildman–Crippen LogP) is -2.73. The van der Waals surface area contributed by atoms with Crippen molar-refractivity contribution in [1.29, 1.82) is 0 Å². The number of rotatable bonds is 10. The second kappa shape index (κ2) is 10.9. The maximum absolute atomic E-state index is 12.8. The molecule has 0 aromatic heterocycles. The molecule has 0 bridgehead atoms. The molecular weight excluding hydrogens is 398 g/mol. The molecule has 12 nitrogen and oxygen atoms in total. The zero-order valence-corrected chi connectivity index (χ0v) is 17.3. The number of likely N-dealkylation sites (tertiary alicyclic amines) is 1. The second-order valence-corrected chi connectivity index (χ2v) is 7.76. The standard InChI is InChI=1S/C18H31N5O7/c1-8(2)14(16(27)21-10(18(29)30)7-12(19)25)22-15(26)11-5-4-6-23(11)17(28)13(20)9(3)24/h8-11,13-14,24H,4-7,20H2,1-3H3,(H2,19,25)(H,21,27)(H,22,26)(H,29,30). The van der Waals surface area contributed by atoms with Gasteiger partial charge in [-0.2, -0.15) is 0 Å². The van der Waals surface area contributed by atoms with Crippen LogP contribution in [-0.4, -0.2) is 81.5 Å². The summed E-state index contributed by atoms with van der Waals surface area (Å²) in [6, 6.07) is -4.66. The molecule has 1 aliphatic heterocycles. The van der Waals surface area contributed by atoms with Gasteiger partial charge in [0, 0.05) is 6.54 Å². The van der Waals surface area contributed by atoms with E-state index < -0.39 is 72.2 Å². The highest BCUT2D eigenvalue weighted by Gasteiger charge is 2.39. The van der Waals surface area contributed by atoms with Crippen molar-refractivity contribution in [1.82, 2.24) is 15.5 Å². The van der Waals surface area contributed by atoms with E-state index in [-0.39, 0.29) is 6.54 Å². The van der Waals surface area contributed by atoms with E-state index in [1.165, 1.54) is 11.8 Å². The summed E-state index contributed by atoms with van der Waals surface area (Å²) >= 11 is 0. The van der Waals surface area contributed by atoms with Gasteiger partial charge in [0.1, 0.15) is 24.2 Å². The summed E-state index contributed by atoms with van der Waals surface area (Å²) in [7, 11) is 0. The van der Waals surface area contributed by atoms with Crippen molar-refractivity contribution in [3.05, 3.63) is 0 Å². The van der Waals surface area contributed by atoms with Gasteiger partial charge >= 0.3 is 5.97 Å². The molecule has 30 heavy (non-hydrogen) atoms. The van der Waals surface area contributed by atoms with Crippen molar-refractivity contribution in [3.63, 3.8) is 0 Å². The summed E-state index contributed by atoms with van der Waals surface area (Å²) in [5.41, 5.74) is 10.7. The Morgan fingerprint density at radius 3 is 2.20 bits per heavy atom. The van der Waals surface area contributed by atoms with E-state index in [2.05, 4.69) is 10.6 Å². The molecule has 0 radical (unpaired) electrons. The van der Waals surface area contributed by atoms with E-state index >= 15 is 0 Å². The molecule has 4 amide bonds. The van der Waals surface area contributed by atoms with E-state index in [0.29, 0.717) is 12.8 Å². The van der Waals surface area contributed by atoms with Gasteiger partial charge in [-0.15, -0.1) is 0 Å². The number of amides is 4. The molecule has 1 rings (SSSR count). The topological polar surface area (TPSA) is 205 Å². The zero-order chi connectivity index (χ0) is 23.2. The molecule has 0 aliphatic carbocycles. The molecule has 1 heterocycles. The lowest BCUT2D eigenvalue weighted by Crippen LogP contribution is -2.59. The van der Waals surface area contributed by atoms with Crippen molar-refractivity contribution in [2.24, 2.45) is 17.4 Å². The van der Waals surface area contributed by atoms with Crippen LogP contribution in [0, 0.1) is 5.92 Å². The first-order valence-electron chi connectivity index (χ1n) is 9.72. The number of hydrogen-bond donors (Lipinski definition) is 6. The van der Waals surface area contributed by atoms with Gasteiger partial charge < -0.3 is 37.2 Å². The van der Waals surface area contributed by atoms with Gasteiger partial charge in [0.05, 0.1) is 12.5 Å². The lowest BCUT2D eigenvalue weighted by atomic mass is 10.0. The predicted molar refractivity (Wildman–Crippen MR) is 105 cm³/mol. The van der Waals surface area contributed by atoms with Crippen molar-refractivity contribution in [2.75, 3.05) is 6.54 Å². The Kier molecular flexibility index (Phi) is 9.18. The van der Waals surface area contributed by atoms with E-state index in [1.54, 1.807) is 13.8 Å². The highest BCUT2D eigenvalue weighted by Crippen LogP contribution is 2.19. The number of hydrogen-bond acceptors (Lipinski definition) is 7. The fraction of sp³-hybridized carbons (Fsp3) is 0.722. The van der Waals surface area contributed by atoms with Crippen LogP contribution in [0.5, 0.6) is 0 Å². The Labute approximate surface area is 174 Å². The Morgan fingerprint density at radius 2 is 1.73 bits per heavy atom. The second-order valence-electron chi connectivity index (χ2n) is 7.76. The normalized spacial score (nSPS) is 20.2. The number of aliphatic hydroxyl groups is 1. The molecule has 1 fully saturated rings. The lowest BCUT2D eigenvalue weighted by Gasteiger charge is -2.30. The maximum Gasteiger partial charge on any atom is 0.326 e. The molecule has 0 spiro atoms. The van der Waals surface area contributed by atoms with Gasteiger partial charge in [0.2, 0.25) is 23.6 Å². The van der Waals surface area contributed by atoms with E-state index in [4.69, 9.17) is 16.6 Å². The highest BCUT2D eigenvalue weighted by molar-refractivity contribution is 5.95. The summed E-state index contributed by atoms with van der Waals surface area (Å²) in [5, 5.41) is 23.5. The minimum atomic E-state index is -1.53. The van der Waals surface area contributed by atoms with Crippen LogP contribution in [0.1, 0.15) is 40.0 Å². The number of carboxylic acids is 1. The molecule has 5 atom stereocenters. The van der Waals surface area contributed by atoms with Crippen LogP contribution in [0.15, 0.2) is 0 Å². The number of carbonyl (C=O) groups is 5. The first-order valence-corrected chi connectivity index (χ1v) is 9.72. The Morgan fingerprint density at radius 1 is 1.13 bits per heavy atom. The number of nitrogens with one attached hydrogen (secondary N) is 2. The van der Waals surface area contributed by atoms with Gasteiger partial charge in [-0.3, -0.25) is 19.2 Å². The number of nitrogens with zero attached hydrogens (tertiary/aromatic N) is 1. The number of primary amides is 1. The van der Waals surface area contributed by atoms with Crippen LogP contribution in [0.4, 0.5) is 0 Å². The number of aliphatic hydroxyl groups excluding tert-OH is 1. The van der Waals surface area contributed by atoms with Crippen LogP contribution < -0.4 is 22.1 Å². The summed E-state index contributed by atoms with van der Waals surface area (Å²) < 4.78 is 0. The highest BCUT2D eigenvalue weighted by atomic mass is 16.4. The third-order valence-electron chi connectivity index (χ3n) is 4.91. The smallest absolute Gasteiger partial charge is 0.326 e. The van der Waals surface area contributed by atoms with Crippen molar-refractivity contribution in [3.8, 4) is 0 Å². The summed E-state index contributed by atoms with van der Waals surface area (Å²) in [6.45, 7) is 4.96. The van der Waals surface area contributed by atoms with Crippen LogP contribution in [-0.2, 0) is 24.0 Å². The maximum atomic E-state index is 12.8. The fourth-order valence-corrected chi connectivity index (χ4v) is 3.15. The molecule has 8 N–H and O–H groups in total. The largest absolute Gasteiger partial charge is 0.480 e. The third-order valence-corrected chi connectivity index (χ3v) is 4.91. The number of carbonyl (C=O) groups excluding carboxylic acids is 4. The van der Waals surface area contributed by atoms with Gasteiger partial charge in [-0.1, -0.05) is 13.8 Å². The molecule has 1 aliphatic rings. The minimum Gasteiger partial charge on any atom is -0.480 e. The summed E-state index contributed by atoms with van der Waals surface area (Å²) in [6.07, 6.45) is -0.777. The monoisotopic (exact) mass is 429 g/mol. The number of carboxylic acid groups (broad SMARTS) is 1. The van der Waals surface area contributed by atoms with Crippen LogP contribution in [0.25, 0.3) is 0 Å². The van der Waals surface area contributed by atoms with E-state index in [9.17, 15) is 29.1 Å². The summed E-state index contributed by atoms with van der Waals surface area (Å²) in [5.74, 6) is -4.70. The van der Waals surface area contributed by atoms with Crippen molar-refractivity contribution >= 4 is 29.6 Å². The average Bonchev–Trinajstić information content (AvgIpc) is 3.12. The molecule has 0 aromatic carbocycles. The van der Waals surface area contributed by atoms with Crippen LogP contribution in [0.2, 0.25) is 0 Å². The molecule has 170 valence electrons. The summed E-state index contributed by atoms with van der Waals surface area (Å²) in [4.78, 5) is 61.4. The van der Waals surface area contributed by atoms with Gasteiger partial charge in [0.25, 0.3) is 0 Å². The fourth-order valence-electron chi connectivity index (χ4n) is 3.15. The van der Waals surface area contributed by atoms with Gasteiger partial charge in [-0.25, -0.2) is 4.79 Å². The minimum absolute atomic E-state index is 0.287. The Balaban J connectivity index is 2.90. The number of aliphatic carboxylic acids is 1. The zero-order valence-electron chi connectivity index (χ0n) is 17.3. The first kappa shape index (κ1) is 25.3. The number of nitrogens with two attached hydrogens (primary N) is 2. The molecule has 5 unspecified atom stereocenters. The van der Waals surface area contributed by atoms with E-state index in [1.807, 2.05) is 0 Å². The van der Waals surface area contributed by atoms with Crippen molar-refractivity contribution in [2.45, 2.75) is 70.3 Å². The van der Waals surface area contributed by atoms with Gasteiger partial charge in [-0.05, 0) is 25.7 Å². The lowest BCUT2D eigenvalue weighted by molar-refractivity contribution is -0.144. The average molecular weight is 429 g/mol. The Hall–Kier alpha value is -2.73. The van der Waals surface area contributed by atoms with Crippen LogP contribution >= 0.6 is 0 Å². The third kappa shape index (κ3) is 6.66. The van der Waals surface area contributed by atoms with Gasteiger partial charge in [0.15, 0.2) is 0 Å².